The van der Waals surface area contributed by atoms with Gasteiger partial charge in [-0.2, -0.15) is 0 Å². The number of benzene rings is 1. The van der Waals surface area contributed by atoms with Gasteiger partial charge in [0.05, 0.1) is 5.69 Å². The van der Waals surface area contributed by atoms with Gasteiger partial charge < -0.3 is 5.11 Å². The fraction of sp³-hybridized carbons (Fsp3) is 0. The molecule has 0 radical (unpaired) electrons. The minimum absolute atomic E-state index is 0.234. The van der Waals surface area contributed by atoms with Crippen LogP contribution < -0.4 is 0 Å². The van der Waals surface area contributed by atoms with Crippen LogP contribution in [-0.2, 0) is 0 Å². The topological polar surface area (TPSA) is 33.1 Å². The van der Waals surface area contributed by atoms with Crippen LogP contribution in [0.15, 0.2) is 47.1 Å². The number of aromatic hydroxyl groups is 1. The second-order valence-electron chi connectivity index (χ2n) is 2.88. The highest BCUT2D eigenvalue weighted by Gasteiger charge is 2.04. The summed E-state index contributed by atoms with van der Waals surface area (Å²) in [7, 11) is 0. The van der Waals surface area contributed by atoms with Crippen LogP contribution in [0.25, 0.3) is 11.3 Å². The van der Waals surface area contributed by atoms with E-state index in [1.54, 1.807) is 12.3 Å². The zero-order valence-electron chi connectivity index (χ0n) is 7.31. The Hall–Kier alpha value is -1.35. The molecule has 0 aliphatic heterocycles. The number of hydrogen-bond donors (Lipinski definition) is 1. The van der Waals surface area contributed by atoms with Crippen LogP contribution >= 0.6 is 15.9 Å². The van der Waals surface area contributed by atoms with Crippen LogP contribution in [0.4, 0.5) is 0 Å². The zero-order chi connectivity index (χ0) is 9.97. The van der Waals surface area contributed by atoms with Crippen LogP contribution in [0.5, 0.6) is 5.75 Å². The van der Waals surface area contributed by atoms with E-state index in [1.165, 1.54) is 0 Å². The molecule has 0 unspecified atom stereocenters. The van der Waals surface area contributed by atoms with Crippen molar-refractivity contribution in [1.82, 2.24) is 4.98 Å². The normalized spacial score (nSPS) is 10.1. The van der Waals surface area contributed by atoms with E-state index >= 15 is 0 Å². The maximum atomic E-state index is 9.67. The highest BCUT2D eigenvalue weighted by molar-refractivity contribution is 9.10. The summed E-state index contributed by atoms with van der Waals surface area (Å²) < 4.78 is 0.856. The van der Waals surface area contributed by atoms with Crippen molar-refractivity contribution in [3.63, 3.8) is 0 Å². The van der Waals surface area contributed by atoms with Crippen LogP contribution in [0.2, 0.25) is 0 Å². The Balaban J connectivity index is 2.53. The van der Waals surface area contributed by atoms with Gasteiger partial charge in [-0.25, -0.2) is 0 Å². The number of phenols is 1. The minimum Gasteiger partial charge on any atom is -0.507 e. The van der Waals surface area contributed by atoms with E-state index in [9.17, 15) is 5.11 Å². The molecule has 0 aliphatic rings. The molecule has 0 atom stereocenters. The highest BCUT2D eigenvalue weighted by atomic mass is 79.9. The van der Waals surface area contributed by atoms with E-state index in [0.29, 0.717) is 0 Å². The molecule has 0 bridgehead atoms. The van der Waals surface area contributed by atoms with E-state index in [0.717, 1.165) is 15.7 Å². The Morgan fingerprint density at radius 2 is 2.00 bits per heavy atom. The van der Waals surface area contributed by atoms with E-state index in [2.05, 4.69) is 20.9 Å². The first kappa shape index (κ1) is 9.21. The predicted molar refractivity (Wildman–Crippen MR) is 59.0 cm³/mol. The van der Waals surface area contributed by atoms with Crippen molar-refractivity contribution in [3.05, 3.63) is 47.1 Å². The number of pyridine rings is 1. The number of halogens is 1. The lowest BCUT2D eigenvalue weighted by Gasteiger charge is -2.03. The van der Waals surface area contributed by atoms with Gasteiger partial charge in [-0.15, -0.1) is 0 Å². The molecule has 0 fully saturated rings. The average molecular weight is 250 g/mol. The molecule has 1 N–H and O–H groups in total. The molecule has 70 valence electrons. The maximum Gasteiger partial charge on any atom is 0.126 e. The molecular formula is C11H8BrNO. The third kappa shape index (κ3) is 1.77. The third-order valence-corrected chi connectivity index (χ3v) is 2.39. The summed E-state index contributed by atoms with van der Waals surface area (Å²) in [6.07, 6.45) is 1.71. The van der Waals surface area contributed by atoms with Crippen LogP contribution in [0, 0.1) is 0 Å². The van der Waals surface area contributed by atoms with Crippen molar-refractivity contribution >= 4 is 15.9 Å². The van der Waals surface area contributed by atoms with Crippen LogP contribution in [-0.4, -0.2) is 10.1 Å². The third-order valence-electron chi connectivity index (χ3n) is 1.90. The molecule has 2 rings (SSSR count). The van der Waals surface area contributed by atoms with Crippen molar-refractivity contribution in [2.75, 3.05) is 0 Å². The molecule has 0 aliphatic carbocycles. The Labute approximate surface area is 90.4 Å². The predicted octanol–water partition coefficient (Wildman–Crippen LogP) is 3.22. The Morgan fingerprint density at radius 1 is 1.14 bits per heavy atom. The highest BCUT2D eigenvalue weighted by Crippen LogP contribution is 2.29. The fourth-order valence-electron chi connectivity index (χ4n) is 1.24. The summed E-state index contributed by atoms with van der Waals surface area (Å²) in [5, 5.41) is 9.67. The van der Waals surface area contributed by atoms with Crippen molar-refractivity contribution in [2.45, 2.75) is 0 Å². The summed E-state index contributed by atoms with van der Waals surface area (Å²) in [4.78, 5) is 4.16. The monoisotopic (exact) mass is 249 g/mol. The second-order valence-corrected chi connectivity index (χ2v) is 3.79. The molecular weight excluding hydrogens is 242 g/mol. The second kappa shape index (κ2) is 3.80. The van der Waals surface area contributed by atoms with Crippen molar-refractivity contribution in [2.24, 2.45) is 0 Å². The Morgan fingerprint density at radius 3 is 2.64 bits per heavy atom. The zero-order valence-corrected chi connectivity index (χ0v) is 8.90. The molecule has 0 spiro atoms. The van der Waals surface area contributed by atoms with Gasteiger partial charge in [0.25, 0.3) is 0 Å². The number of phenolic OH excluding ortho intramolecular Hbond substituents is 1. The van der Waals surface area contributed by atoms with Gasteiger partial charge in [-0.3, -0.25) is 4.98 Å². The summed E-state index contributed by atoms with van der Waals surface area (Å²) in [5.74, 6) is 0.234. The number of nitrogens with zero attached hydrogens (tertiary/aromatic N) is 1. The van der Waals surface area contributed by atoms with Crippen molar-refractivity contribution in [3.8, 4) is 17.0 Å². The molecule has 0 saturated heterocycles. The number of aromatic nitrogens is 1. The average Bonchev–Trinajstić information content (AvgIpc) is 2.19. The summed E-state index contributed by atoms with van der Waals surface area (Å²) in [5.41, 5.74) is 1.52. The molecule has 3 heteroatoms. The molecule has 14 heavy (non-hydrogen) atoms. The van der Waals surface area contributed by atoms with Gasteiger partial charge in [-0.1, -0.05) is 22.0 Å². The number of hydrogen-bond acceptors (Lipinski definition) is 2. The summed E-state index contributed by atoms with van der Waals surface area (Å²) in [6, 6.07) is 11.0. The number of rotatable bonds is 1. The SMILES string of the molecule is Oc1cc(Br)ccc1-c1ccccn1. The first-order valence-electron chi connectivity index (χ1n) is 4.17. The standard InChI is InChI=1S/C11H8BrNO/c12-8-4-5-9(11(14)7-8)10-3-1-2-6-13-10/h1-7,14H. The quantitative estimate of drug-likeness (QED) is 0.842. The molecule has 1 heterocycles. The molecule has 0 saturated carbocycles. The van der Waals surface area contributed by atoms with Crippen molar-refractivity contribution in [1.29, 1.82) is 0 Å². The van der Waals surface area contributed by atoms with E-state index in [1.807, 2.05) is 30.3 Å². The summed E-state index contributed by atoms with van der Waals surface area (Å²) in [6.45, 7) is 0. The van der Waals surface area contributed by atoms with Crippen molar-refractivity contribution < 1.29 is 5.11 Å². The smallest absolute Gasteiger partial charge is 0.126 e. The Bertz CT molecular complexity index is 442. The molecule has 1 aromatic heterocycles. The lowest BCUT2D eigenvalue weighted by molar-refractivity contribution is 0.477. The van der Waals surface area contributed by atoms with Gasteiger partial charge >= 0.3 is 0 Å². The maximum absolute atomic E-state index is 9.67. The van der Waals surface area contributed by atoms with Crippen LogP contribution in [0.3, 0.4) is 0 Å². The lowest BCUT2D eigenvalue weighted by atomic mass is 10.1. The van der Waals surface area contributed by atoms with Gasteiger partial charge in [0.2, 0.25) is 0 Å². The fourth-order valence-corrected chi connectivity index (χ4v) is 1.59. The molecule has 0 amide bonds. The summed E-state index contributed by atoms with van der Waals surface area (Å²) >= 11 is 3.29. The van der Waals surface area contributed by atoms with Gasteiger partial charge in [0, 0.05) is 16.2 Å². The molecule has 2 aromatic rings. The minimum atomic E-state index is 0.234. The first-order valence-corrected chi connectivity index (χ1v) is 4.96. The Kier molecular flexibility index (Phi) is 2.50. The van der Waals surface area contributed by atoms with E-state index in [4.69, 9.17) is 0 Å². The lowest BCUT2D eigenvalue weighted by Crippen LogP contribution is -1.82. The largest absolute Gasteiger partial charge is 0.507 e. The van der Waals surface area contributed by atoms with E-state index in [-0.39, 0.29) is 5.75 Å². The molecule has 2 nitrogen and oxygen atoms in total. The van der Waals surface area contributed by atoms with Gasteiger partial charge in [0.15, 0.2) is 0 Å². The van der Waals surface area contributed by atoms with Gasteiger partial charge in [0.1, 0.15) is 5.75 Å². The molecule has 1 aromatic carbocycles. The first-order chi connectivity index (χ1) is 6.77. The van der Waals surface area contributed by atoms with Gasteiger partial charge in [-0.05, 0) is 30.3 Å². The van der Waals surface area contributed by atoms with E-state index < -0.39 is 0 Å². The van der Waals surface area contributed by atoms with Crippen LogP contribution in [0.1, 0.15) is 0 Å².